The van der Waals surface area contributed by atoms with Crippen molar-refractivity contribution in [2.45, 2.75) is 4.90 Å². The van der Waals surface area contributed by atoms with Crippen LogP contribution in [0.3, 0.4) is 0 Å². The van der Waals surface area contributed by atoms with Gasteiger partial charge in [-0.2, -0.15) is 9.40 Å². The van der Waals surface area contributed by atoms with Crippen molar-refractivity contribution in [2.75, 3.05) is 33.3 Å². The van der Waals surface area contributed by atoms with E-state index in [0.29, 0.717) is 0 Å². The predicted octanol–water partition coefficient (Wildman–Crippen LogP) is 3.33. The van der Waals surface area contributed by atoms with Crippen LogP contribution in [0.1, 0.15) is 10.5 Å². The molecule has 1 aromatic heterocycles. The van der Waals surface area contributed by atoms with Gasteiger partial charge in [0, 0.05) is 32.4 Å². The van der Waals surface area contributed by atoms with Gasteiger partial charge in [-0.05, 0) is 42.5 Å². The van der Waals surface area contributed by atoms with Crippen LogP contribution < -0.4 is 4.74 Å². The highest BCUT2D eigenvalue weighted by molar-refractivity contribution is 7.89. The molecule has 1 fully saturated rings. The molecule has 4 rings (SSSR count). The van der Waals surface area contributed by atoms with Crippen LogP contribution in [0.15, 0.2) is 59.6 Å². The summed E-state index contributed by atoms with van der Waals surface area (Å²) in [7, 11) is -2.28. The number of amides is 1. The van der Waals surface area contributed by atoms with E-state index in [1.807, 2.05) is 24.3 Å². The Kier molecular flexibility index (Phi) is 6.43. The number of halogens is 2. The fourth-order valence-corrected chi connectivity index (χ4v) is 5.98. The summed E-state index contributed by atoms with van der Waals surface area (Å²) in [6, 6.07) is 13.5. The molecule has 2 aromatic carbocycles. The monoisotopic (exact) mass is 494 g/mol. The number of hydrogen-bond donors (Lipinski definition) is 0. The highest BCUT2D eigenvalue weighted by Crippen LogP contribution is 2.32. The second kappa shape index (κ2) is 9.11. The van der Waals surface area contributed by atoms with Gasteiger partial charge in [-0.3, -0.25) is 4.79 Å². The second-order valence-corrected chi connectivity index (χ2v) is 9.78. The van der Waals surface area contributed by atoms with Crippen LogP contribution >= 0.6 is 23.2 Å². The van der Waals surface area contributed by atoms with Gasteiger partial charge < -0.3 is 9.64 Å². The molecule has 0 bridgehead atoms. The Morgan fingerprint density at radius 2 is 1.59 bits per heavy atom. The number of rotatable bonds is 5. The van der Waals surface area contributed by atoms with Crippen LogP contribution in [0, 0.1) is 0 Å². The van der Waals surface area contributed by atoms with Crippen LogP contribution in [0.2, 0.25) is 10.0 Å². The maximum atomic E-state index is 13.0. The maximum Gasteiger partial charge on any atom is 0.274 e. The highest BCUT2D eigenvalue weighted by Gasteiger charge is 2.33. The summed E-state index contributed by atoms with van der Waals surface area (Å²) >= 11 is 12.2. The number of benzene rings is 2. The number of piperazine rings is 1. The molecule has 0 spiro atoms. The largest absolute Gasteiger partial charge is 0.497 e. The topological polar surface area (TPSA) is 84.7 Å². The Morgan fingerprint density at radius 1 is 0.969 bits per heavy atom. The first-order chi connectivity index (χ1) is 15.3. The Hall–Kier alpha value is -2.59. The quantitative estimate of drug-likeness (QED) is 0.542. The van der Waals surface area contributed by atoms with Gasteiger partial charge in [-0.1, -0.05) is 29.3 Å². The molecule has 1 saturated heterocycles. The van der Waals surface area contributed by atoms with Crippen molar-refractivity contribution < 1.29 is 17.9 Å². The number of hydrogen-bond acceptors (Lipinski definition) is 5. The fraction of sp³-hybridized carbons (Fsp3) is 0.238. The van der Waals surface area contributed by atoms with E-state index in [1.165, 1.54) is 16.4 Å². The molecule has 2 heterocycles. The minimum absolute atomic E-state index is 0.0695. The van der Waals surface area contributed by atoms with Gasteiger partial charge in [0.25, 0.3) is 5.91 Å². The summed E-state index contributed by atoms with van der Waals surface area (Å²) in [6.07, 6.45) is 1.70. The average Bonchev–Trinajstić information content (AvgIpc) is 3.29. The lowest BCUT2D eigenvalue weighted by atomic mass is 10.3. The summed E-state index contributed by atoms with van der Waals surface area (Å²) in [6.45, 7) is 0.731. The predicted molar refractivity (Wildman–Crippen MR) is 121 cm³/mol. The van der Waals surface area contributed by atoms with Crippen LogP contribution in [0.4, 0.5) is 0 Å². The van der Waals surface area contributed by atoms with E-state index in [0.717, 1.165) is 11.4 Å². The molecular weight excluding hydrogens is 475 g/mol. The van der Waals surface area contributed by atoms with E-state index < -0.39 is 10.0 Å². The summed E-state index contributed by atoms with van der Waals surface area (Å²) in [4.78, 5) is 14.4. The molecule has 1 aliphatic heterocycles. The van der Waals surface area contributed by atoms with Crippen LogP contribution in [-0.4, -0.2) is 66.6 Å². The second-order valence-electron chi connectivity index (χ2n) is 7.09. The number of sulfonamides is 1. The summed E-state index contributed by atoms with van der Waals surface area (Å²) in [5.74, 6) is 0.466. The molecule has 3 aromatic rings. The number of aromatic nitrogens is 2. The van der Waals surface area contributed by atoms with Gasteiger partial charge in [0.1, 0.15) is 10.6 Å². The smallest absolute Gasteiger partial charge is 0.274 e. The Morgan fingerprint density at radius 3 is 2.19 bits per heavy atom. The molecule has 0 N–H and O–H groups in total. The number of ether oxygens (including phenoxy) is 1. The van der Waals surface area contributed by atoms with Gasteiger partial charge in [0.2, 0.25) is 10.0 Å². The lowest BCUT2D eigenvalue weighted by molar-refractivity contribution is 0.0691. The van der Waals surface area contributed by atoms with Crippen molar-refractivity contribution >= 4 is 39.1 Å². The third kappa shape index (κ3) is 4.33. The summed E-state index contributed by atoms with van der Waals surface area (Å²) < 4.78 is 34.1. The zero-order valence-corrected chi connectivity index (χ0v) is 19.4. The number of carbonyl (C=O) groups is 1. The summed E-state index contributed by atoms with van der Waals surface area (Å²) in [5.41, 5.74) is 1.07. The molecule has 11 heteroatoms. The van der Waals surface area contributed by atoms with Gasteiger partial charge in [-0.25, -0.2) is 13.1 Å². The highest BCUT2D eigenvalue weighted by atomic mass is 35.5. The molecule has 0 aliphatic carbocycles. The Labute approximate surface area is 195 Å². The van der Waals surface area contributed by atoms with E-state index >= 15 is 0 Å². The number of nitrogens with zero attached hydrogens (tertiary/aromatic N) is 4. The molecule has 0 atom stereocenters. The molecule has 1 amide bonds. The van der Waals surface area contributed by atoms with Crippen molar-refractivity contribution in [3.63, 3.8) is 0 Å². The number of carbonyl (C=O) groups excluding carboxylic acids is 1. The minimum Gasteiger partial charge on any atom is -0.497 e. The first-order valence-electron chi connectivity index (χ1n) is 9.75. The maximum absolute atomic E-state index is 13.0. The van der Waals surface area contributed by atoms with Gasteiger partial charge in [0.15, 0.2) is 5.69 Å². The lowest BCUT2D eigenvalue weighted by Gasteiger charge is -2.33. The number of methoxy groups -OCH3 is 1. The van der Waals surface area contributed by atoms with E-state index in [-0.39, 0.29) is 52.7 Å². The normalized spacial score (nSPS) is 15.0. The first-order valence-corrected chi connectivity index (χ1v) is 11.9. The zero-order chi connectivity index (χ0) is 22.9. The van der Waals surface area contributed by atoms with Crippen molar-refractivity contribution in [1.82, 2.24) is 19.0 Å². The SMILES string of the molecule is COc1ccc(-n2ccc(C(=O)N3CCN(S(=O)(=O)c4c(Cl)cccc4Cl)CC3)n2)cc1. The van der Waals surface area contributed by atoms with Crippen molar-refractivity contribution in [3.8, 4) is 11.4 Å². The molecule has 0 unspecified atom stereocenters. The Bertz CT molecular complexity index is 1220. The first kappa shape index (κ1) is 22.6. The molecule has 0 radical (unpaired) electrons. The van der Waals surface area contributed by atoms with E-state index in [4.69, 9.17) is 27.9 Å². The molecular formula is C21H20Cl2N4O4S. The van der Waals surface area contributed by atoms with Crippen LogP contribution in [0.5, 0.6) is 5.75 Å². The molecule has 0 saturated carbocycles. The zero-order valence-electron chi connectivity index (χ0n) is 17.1. The van der Waals surface area contributed by atoms with Crippen LogP contribution in [-0.2, 0) is 10.0 Å². The van der Waals surface area contributed by atoms with Crippen LogP contribution in [0.25, 0.3) is 5.69 Å². The van der Waals surface area contributed by atoms with Crippen molar-refractivity contribution in [2.24, 2.45) is 0 Å². The molecule has 1 aliphatic rings. The third-order valence-electron chi connectivity index (χ3n) is 5.19. The van der Waals surface area contributed by atoms with Gasteiger partial charge in [-0.15, -0.1) is 0 Å². The van der Waals surface area contributed by atoms with E-state index in [2.05, 4.69) is 5.10 Å². The fourth-order valence-electron chi connectivity index (χ4n) is 3.47. The van der Waals surface area contributed by atoms with Gasteiger partial charge in [0.05, 0.1) is 22.8 Å². The van der Waals surface area contributed by atoms with E-state index in [9.17, 15) is 13.2 Å². The molecule has 168 valence electrons. The minimum atomic E-state index is -3.87. The van der Waals surface area contributed by atoms with Gasteiger partial charge >= 0.3 is 0 Å². The summed E-state index contributed by atoms with van der Waals surface area (Å²) in [5, 5.41) is 4.51. The molecule has 32 heavy (non-hydrogen) atoms. The lowest BCUT2D eigenvalue weighted by Crippen LogP contribution is -2.50. The van der Waals surface area contributed by atoms with Crippen molar-refractivity contribution in [1.29, 1.82) is 0 Å². The van der Waals surface area contributed by atoms with Crippen molar-refractivity contribution in [3.05, 3.63) is 70.5 Å². The Balaban J connectivity index is 1.44. The third-order valence-corrected chi connectivity index (χ3v) is 8.04. The average molecular weight is 495 g/mol. The standard InChI is InChI=1S/C21H20Cl2N4O4S/c1-31-16-7-5-15(6-8-16)27-10-9-19(24-27)21(28)25-11-13-26(14-12-25)32(29,30)20-17(22)3-2-4-18(20)23/h2-10H,11-14H2,1H3. The van der Waals surface area contributed by atoms with E-state index in [1.54, 1.807) is 35.0 Å². The molecule has 8 nitrogen and oxygen atoms in total.